The van der Waals surface area contributed by atoms with Crippen LogP contribution >= 0.6 is 0 Å². The summed E-state index contributed by atoms with van der Waals surface area (Å²) in [5, 5.41) is 9.66. The van der Waals surface area contributed by atoms with E-state index in [1.165, 1.54) is 0 Å². The van der Waals surface area contributed by atoms with Gasteiger partial charge in [-0.2, -0.15) is 5.10 Å². The topological polar surface area (TPSA) is 76.2 Å². The van der Waals surface area contributed by atoms with Crippen molar-refractivity contribution < 1.29 is 14.3 Å². The highest BCUT2D eigenvalue weighted by Gasteiger charge is 2.38. The normalized spacial score (nSPS) is 17.8. The minimum atomic E-state index is -0.747. The average Bonchev–Trinajstić information content (AvgIpc) is 2.98. The van der Waals surface area contributed by atoms with Gasteiger partial charge in [0, 0.05) is 18.3 Å². The Hall–Kier alpha value is -2.76. The predicted molar refractivity (Wildman–Crippen MR) is 82.3 cm³/mol. The van der Waals surface area contributed by atoms with Crippen LogP contribution in [0.1, 0.15) is 24.2 Å². The monoisotopic (exact) mass is 299 g/mol. The van der Waals surface area contributed by atoms with Gasteiger partial charge in [0.05, 0.1) is 24.4 Å². The summed E-state index contributed by atoms with van der Waals surface area (Å²) in [4.78, 5) is 12.7. The summed E-state index contributed by atoms with van der Waals surface area (Å²) in [6, 6.07) is 6.97. The van der Waals surface area contributed by atoms with E-state index in [2.05, 4.69) is 15.5 Å². The largest absolute Gasteiger partial charge is 0.497 e. The molecule has 0 unspecified atom stereocenters. The molecule has 0 bridgehead atoms. The van der Waals surface area contributed by atoms with Gasteiger partial charge in [-0.25, -0.2) is 0 Å². The van der Waals surface area contributed by atoms with Crippen LogP contribution in [0.2, 0.25) is 0 Å². The molecule has 1 aliphatic heterocycles. The van der Waals surface area contributed by atoms with Crippen LogP contribution in [0.5, 0.6) is 11.5 Å². The number of nitrogens with zero attached hydrogens (tertiary/aromatic N) is 1. The van der Waals surface area contributed by atoms with Gasteiger partial charge in [0.2, 0.25) is 0 Å². The van der Waals surface area contributed by atoms with Gasteiger partial charge >= 0.3 is 0 Å². The molecular weight excluding hydrogens is 282 g/mol. The second kappa shape index (κ2) is 5.22. The number of H-pyrrole nitrogens is 1. The maximum Gasteiger partial charge on any atom is 0.198 e. The smallest absolute Gasteiger partial charge is 0.198 e. The minimum absolute atomic E-state index is 0.0686. The van der Waals surface area contributed by atoms with E-state index < -0.39 is 5.60 Å². The highest BCUT2D eigenvalue weighted by molar-refractivity contribution is 6.13. The number of rotatable bonds is 3. The Labute approximate surface area is 128 Å². The van der Waals surface area contributed by atoms with Crippen molar-refractivity contribution >= 4 is 11.6 Å². The number of anilines is 1. The maximum atomic E-state index is 12.7. The van der Waals surface area contributed by atoms with Crippen molar-refractivity contribution in [1.82, 2.24) is 10.2 Å². The number of hydrogen-bond acceptors (Lipinski definition) is 5. The Bertz CT molecular complexity index is 733. The molecule has 0 spiro atoms. The van der Waals surface area contributed by atoms with E-state index in [0.29, 0.717) is 28.5 Å². The van der Waals surface area contributed by atoms with Gasteiger partial charge in [0.25, 0.3) is 0 Å². The van der Waals surface area contributed by atoms with Crippen molar-refractivity contribution in [2.45, 2.75) is 19.4 Å². The van der Waals surface area contributed by atoms with E-state index in [1.54, 1.807) is 43.8 Å². The maximum absolute atomic E-state index is 12.7. The zero-order valence-corrected chi connectivity index (χ0v) is 12.6. The van der Waals surface area contributed by atoms with E-state index in [-0.39, 0.29) is 5.78 Å². The number of Topliss-reactive ketones (excluding diaryl/α,β-unsaturated/α-hetero) is 1. The van der Waals surface area contributed by atoms with Gasteiger partial charge < -0.3 is 14.8 Å². The summed E-state index contributed by atoms with van der Waals surface area (Å²) in [6.45, 7) is 3.71. The van der Waals surface area contributed by atoms with Crippen molar-refractivity contribution in [2.75, 3.05) is 12.4 Å². The molecule has 0 radical (unpaired) electrons. The summed E-state index contributed by atoms with van der Waals surface area (Å²) < 4.78 is 11.2. The summed E-state index contributed by atoms with van der Waals surface area (Å²) in [7, 11) is 1.58. The standard InChI is InChI=1S/C16H17N3O3/c1-16(2)12(9-17-14-6-7-18-19-14)15(20)11-5-4-10(21-3)8-13(11)22-16/h4-9H,1-3H3,(H2,17,18,19)/b12-9-. The molecule has 1 aromatic heterocycles. The van der Waals surface area contributed by atoms with Crippen LogP contribution < -0.4 is 14.8 Å². The van der Waals surface area contributed by atoms with Gasteiger partial charge in [0.15, 0.2) is 5.78 Å². The number of methoxy groups -OCH3 is 1. The molecule has 1 aliphatic rings. The zero-order valence-electron chi connectivity index (χ0n) is 12.6. The van der Waals surface area contributed by atoms with Crippen LogP contribution in [0.25, 0.3) is 0 Å². The number of benzene rings is 1. The molecule has 6 heteroatoms. The number of ether oxygens (including phenoxy) is 2. The van der Waals surface area contributed by atoms with Crippen LogP contribution in [0.4, 0.5) is 5.82 Å². The van der Waals surface area contributed by atoms with Crippen molar-refractivity contribution in [3.63, 3.8) is 0 Å². The summed E-state index contributed by atoms with van der Waals surface area (Å²) in [5.41, 5.74) is 0.321. The van der Waals surface area contributed by atoms with Gasteiger partial charge in [-0.3, -0.25) is 9.89 Å². The molecule has 22 heavy (non-hydrogen) atoms. The van der Waals surface area contributed by atoms with Gasteiger partial charge in [0.1, 0.15) is 22.9 Å². The van der Waals surface area contributed by atoms with Crippen LogP contribution in [0, 0.1) is 0 Å². The Morgan fingerprint density at radius 2 is 2.18 bits per heavy atom. The first-order valence-electron chi connectivity index (χ1n) is 6.89. The molecule has 114 valence electrons. The molecule has 0 saturated carbocycles. The third-order valence-corrected chi connectivity index (χ3v) is 3.56. The molecule has 0 aliphatic carbocycles. The van der Waals surface area contributed by atoms with E-state index >= 15 is 0 Å². The van der Waals surface area contributed by atoms with Crippen molar-refractivity contribution in [3.05, 3.63) is 47.8 Å². The van der Waals surface area contributed by atoms with Gasteiger partial charge in [-0.1, -0.05) is 0 Å². The number of aromatic amines is 1. The number of nitrogens with one attached hydrogen (secondary N) is 2. The minimum Gasteiger partial charge on any atom is -0.497 e. The fraction of sp³-hybridized carbons (Fsp3) is 0.250. The van der Waals surface area contributed by atoms with Crippen LogP contribution in [-0.2, 0) is 0 Å². The van der Waals surface area contributed by atoms with E-state index in [4.69, 9.17) is 9.47 Å². The number of carbonyl (C=O) groups excluding carboxylic acids is 1. The molecule has 2 aromatic rings. The van der Waals surface area contributed by atoms with Crippen LogP contribution in [0.15, 0.2) is 42.2 Å². The van der Waals surface area contributed by atoms with Crippen LogP contribution in [-0.4, -0.2) is 28.7 Å². The van der Waals surface area contributed by atoms with Crippen molar-refractivity contribution in [2.24, 2.45) is 0 Å². The molecule has 3 rings (SSSR count). The number of aromatic nitrogens is 2. The molecule has 0 fully saturated rings. The summed E-state index contributed by atoms with van der Waals surface area (Å²) in [5.74, 6) is 1.83. The lowest BCUT2D eigenvalue weighted by Gasteiger charge is -2.34. The highest BCUT2D eigenvalue weighted by Crippen LogP contribution is 2.38. The first-order valence-corrected chi connectivity index (χ1v) is 6.89. The first-order chi connectivity index (χ1) is 10.5. The quantitative estimate of drug-likeness (QED) is 0.852. The average molecular weight is 299 g/mol. The number of carbonyl (C=O) groups is 1. The first kappa shape index (κ1) is 14.2. The number of ketones is 1. The van der Waals surface area contributed by atoms with E-state index in [0.717, 1.165) is 0 Å². The molecule has 0 saturated heterocycles. The fourth-order valence-electron chi connectivity index (χ4n) is 2.38. The number of fused-ring (bicyclic) bond motifs is 1. The van der Waals surface area contributed by atoms with Gasteiger partial charge in [-0.05, 0) is 26.0 Å². The second-order valence-corrected chi connectivity index (χ2v) is 5.48. The molecule has 0 amide bonds. The lowest BCUT2D eigenvalue weighted by atomic mass is 9.87. The summed E-state index contributed by atoms with van der Waals surface area (Å²) >= 11 is 0. The van der Waals surface area contributed by atoms with Crippen molar-refractivity contribution in [3.8, 4) is 11.5 Å². The van der Waals surface area contributed by atoms with Crippen LogP contribution in [0.3, 0.4) is 0 Å². The SMILES string of the molecule is COc1ccc2c(c1)OC(C)(C)/C(=C\Nc1ccn[nH]1)C2=O. The summed E-state index contributed by atoms with van der Waals surface area (Å²) in [6.07, 6.45) is 3.29. The lowest BCUT2D eigenvalue weighted by molar-refractivity contribution is 0.0855. The van der Waals surface area contributed by atoms with E-state index in [9.17, 15) is 4.79 Å². The highest BCUT2D eigenvalue weighted by atomic mass is 16.5. The molecular formula is C16H17N3O3. The predicted octanol–water partition coefficient (Wildman–Crippen LogP) is 2.77. The molecule has 2 N–H and O–H groups in total. The molecule has 0 atom stereocenters. The lowest BCUT2D eigenvalue weighted by Crippen LogP contribution is -2.39. The molecule has 1 aromatic carbocycles. The Morgan fingerprint density at radius 3 is 2.86 bits per heavy atom. The fourth-order valence-corrected chi connectivity index (χ4v) is 2.38. The zero-order chi connectivity index (χ0) is 15.7. The van der Waals surface area contributed by atoms with Crippen molar-refractivity contribution in [1.29, 1.82) is 0 Å². The Kier molecular flexibility index (Phi) is 3.36. The second-order valence-electron chi connectivity index (χ2n) is 5.48. The molecule has 2 heterocycles. The third kappa shape index (κ3) is 2.43. The Balaban J connectivity index is 1.97. The third-order valence-electron chi connectivity index (χ3n) is 3.56. The number of hydrogen-bond donors (Lipinski definition) is 2. The molecule has 6 nitrogen and oxygen atoms in total. The van der Waals surface area contributed by atoms with Gasteiger partial charge in [-0.15, -0.1) is 0 Å². The van der Waals surface area contributed by atoms with E-state index in [1.807, 2.05) is 13.8 Å². The Morgan fingerprint density at radius 1 is 1.36 bits per heavy atom.